The van der Waals surface area contributed by atoms with Gasteiger partial charge < -0.3 is 10.6 Å². The second kappa shape index (κ2) is 10.6. The summed E-state index contributed by atoms with van der Waals surface area (Å²) in [4.78, 5) is 11.9. The van der Waals surface area contributed by atoms with Gasteiger partial charge in [0.1, 0.15) is 0 Å². The summed E-state index contributed by atoms with van der Waals surface area (Å²) in [6, 6.07) is 0. The highest BCUT2D eigenvalue weighted by molar-refractivity contribution is 5.96. The summed E-state index contributed by atoms with van der Waals surface area (Å²) in [6.45, 7) is 1.86. The molecular weight excluding hydrogens is 236 g/mol. The maximum absolute atomic E-state index is 11.9. The van der Waals surface area contributed by atoms with E-state index in [2.05, 4.69) is 16.7 Å². The summed E-state index contributed by atoms with van der Waals surface area (Å²) < 4.78 is 0. The lowest BCUT2D eigenvalue weighted by Gasteiger charge is -2.07. The van der Waals surface area contributed by atoms with Crippen LogP contribution in [-0.4, -0.2) is 26.0 Å². The average molecular weight is 262 g/mol. The van der Waals surface area contributed by atoms with Gasteiger partial charge in [-0.2, -0.15) is 0 Å². The topological polar surface area (TPSA) is 41.1 Å². The molecule has 0 heterocycles. The standard InChI is InChI=1S/C16H26N2O/c1-17-13-9-5-6-10-14-18-16(19)15-11-7-3-2-4-8-12-15/h2-3,7,11-12,17H,4-6,8-10,13-14H2,1H3,(H,18,19)/b3-2+,11-7-,15-12+. The Morgan fingerprint density at radius 1 is 1.11 bits per heavy atom. The zero-order chi connectivity index (χ0) is 13.8. The van der Waals surface area contributed by atoms with Crippen molar-refractivity contribution < 1.29 is 4.79 Å². The van der Waals surface area contributed by atoms with Crippen LogP contribution in [0.5, 0.6) is 0 Å². The summed E-state index contributed by atoms with van der Waals surface area (Å²) in [5, 5.41) is 6.13. The van der Waals surface area contributed by atoms with Crippen LogP contribution in [0.25, 0.3) is 0 Å². The molecular formula is C16H26N2O. The predicted molar refractivity (Wildman–Crippen MR) is 81.0 cm³/mol. The summed E-state index contributed by atoms with van der Waals surface area (Å²) in [5.41, 5.74) is 0.791. The molecule has 0 fully saturated rings. The van der Waals surface area contributed by atoms with E-state index in [0.717, 1.165) is 37.9 Å². The predicted octanol–water partition coefficient (Wildman–Crippen LogP) is 2.72. The molecule has 1 amide bonds. The number of unbranched alkanes of at least 4 members (excludes halogenated alkanes) is 3. The monoisotopic (exact) mass is 262 g/mol. The Kier molecular flexibility index (Phi) is 8.73. The molecule has 1 aliphatic rings. The fourth-order valence-corrected chi connectivity index (χ4v) is 1.99. The number of nitrogens with one attached hydrogen (secondary N) is 2. The summed E-state index contributed by atoms with van der Waals surface area (Å²) >= 11 is 0. The van der Waals surface area contributed by atoms with Gasteiger partial charge in [-0.1, -0.05) is 37.1 Å². The largest absolute Gasteiger partial charge is 0.352 e. The molecule has 0 aromatic heterocycles. The van der Waals surface area contributed by atoms with Gasteiger partial charge in [0.05, 0.1) is 0 Å². The molecule has 0 atom stereocenters. The van der Waals surface area contributed by atoms with Crippen LogP contribution in [0.15, 0.2) is 36.0 Å². The molecule has 0 bridgehead atoms. The van der Waals surface area contributed by atoms with Crippen molar-refractivity contribution in [3.63, 3.8) is 0 Å². The molecule has 0 saturated carbocycles. The van der Waals surface area contributed by atoms with Crippen molar-refractivity contribution >= 4 is 5.91 Å². The first-order valence-electron chi connectivity index (χ1n) is 7.31. The summed E-state index contributed by atoms with van der Waals surface area (Å²) in [6.07, 6.45) is 16.6. The van der Waals surface area contributed by atoms with Gasteiger partial charge in [-0.3, -0.25) is 4.79 Å². The minimum absolute atomic E-state index is 0.0572. The minimum atomic E-state index is 0.0572. The highest BCUT2D eigenvalue weighted by Crippen LogP contribution is 2.06. The zero-order valence-electron chi connectivity index (χ0n) is 12.0. The smallest absolute Gasteiger partial charge is 0.250 e. The quantitative estimate of drug-likeness (QED) is 0.660. The van der Waals surface area contributed by atoms with Gasteiger partial charge in [0.15, 0.2) is 0 Å². The highest BCUT2D eigenvalue weighted by Gasteiger charge is 2.05. The molecule has 2 N–H and O–H groups in total. The molecule has 0 saturated heterocycles. The lowest BCUT2D eigenvalue weighted by atomic mass is 10.1. The van der Waals surface area contributed by atoms with Crippen molar-refractivity contribution in [1.29, 1.82) is 0 Å². The molecule has 106 valence electrons. The van der Waals surface area contributed by atoms with Gasteiger partial charge in [0.25, 0.3) is 5.91 Å². The van der Waals surface area contributed by atoms with Gasteiger partial charge >= 0.3 is 0 Å². The molecule has 3 nitrogen and oxygen atoms in total. The van der Waals surface area contributed by atoms with E-state index in [9.17, 15) is 4.79 Å². The fourth-order valence-electron chi connectivity index (χ4n) is 1.99. The van der Waals surface area contributed by atoms with Crippen molar-refractivity contribution in [3.05, 3.63) is 36.0 Å². The van der Waals surface area contributed by atoms with Crippen LogP contribution >= 0.6 is 0 Å². The van der Waals surface area contributed by atoms with Crippen LogP contribution in [0.3, 0.4) is 0 Å². The van der Waals surface area contributed by atoms with E-state index in [1.54, 1.807) is 0 Å². The molecule has 0 unspecified atom stereocenters. The maximum atomic E-state index is 11.9. The van der Waals surface area contributed by atoms with E-state index in [1.165, 1.54) is 19.3 Å². The zero-order valence-corrected chi connectivity index (χ0v) is 12.0. The van der Waals surface area contributed by atoms with E-state index in [1.807, 2.05) is 31.4 Å². The van der Waals surface area contributed by atoms with Crippen LogP contribution < -0.4 is 10.6 Å². The Morgan fingerprint density at radius 2 is 1.89 bits per heavy atom. The molecule has 0 aromatic carbocycles. The highest BCUT2D eigenvalue weighted by atomic mass is 16.1. The number of rotatable bonds is 8. The van der Waals surface area contributed by atoms with Crippen LogP contribution in [-0.2, 0) is 4.79 Å². The fraction of sp³-hybridized carbons (Fsp3) is 0.562. The van der Waals surface area contributed by atoms with Gasteiger partial charge in [-0.25, -0.2) is 0 Å². The van der Waals surface area contributed by atoms with Crippen LogP contribution in [0.2, 0.25) is 0 Å². The summed E-state index contributed by atoms with van der Waals surface area (Å²) in [5.74, 6) is 0.0572. The van der Waals surface area contributed by atoms with Crippen molar-refractivity contribution in [2.45, 2.75) is 38.5 Å². The average Bonchev–Trinajstić information content (AvgIpc) is 2.37. The first-order valence-corrected chi connectivity index (χ1v) is 7.31. The number of hydrogen-bond acceptors (Lipinski definition) is 2. The maximum Gasteiger partial charge on any atom is 0.250 e. The lowest BCUT2D eigenvalue weighted by Crippen LogP contribution is -2.25. The third-order valence-electron chi connectivity index (χ3n) is 3.12. The number of hydrogen-bond donors (Lipinski definition) is 2. The summed E-state index contributed by atoms with van der Waals surface area (Å²) in [7, 11) is 1.98. The Morgan fingerprint density at radius 3 is 2.68 bits per heavy atom. The Balaban J connectivity index is 2.15. The van der Waals surface area contributed by atoms with E-state index >= 15 is 0 Å². The first kappa shape index (κ1) is 15.7. The molecule has 1 rings (SSSR count). The van der Waals surface area contributed by atoms with E-state index in [4.69, 9.17) is 0 Å². The lowest BCUT2D eigenvalue weighted by molar-refractivity contribution is -0.117. The van der Waals surface area contributed by atoms with E-state index in [-0.39, 0.29) is 5.91 Å². The normalized spacial score (nSPS) is 20.8. The number of amides is 1. The van der Waals surface area contributed by atoms with E-state index in [0.29, 0.717) is 0 Å². The molecule has 19 heavy (non-hydrogen) atoms. The van der Waals surface area contributed by atoms with Gasteiger partial charge in [-0.15, -0.1) is 0 Å². The second-order valence-electron chi connectivity index (χ2n) is 4.80. The third-order valence-corrected chi connectivity index (χ3v) is 3.12. The van der Waals surface area contributed by atoms with Crippen molar-refractivity contribution in [2.75, 3.05) is 20.1 Å². The molecule has 1 aliphatic carbocycles. The number of carbonyl (C=O) groups is 1. The Bertz CT molecular complexity index is 343. The molecule has 0 spiro atoms. The van der Waals surface area contributed by atoms with Crippen LogP contribution in [0, 0.1) is 0 Å². The number of allylic oxidation sites excluding steroid dienone is 4. The second-order valence-corrected chi connectivity index (χ2v) is 4.80. The Hall–Kier alpha value is -1.35. The van der Waals surface area contributed by atoms with E-state index < -0.39 is 0 Å². The third kappa shape index (κ3) is 7.62. The SMILES string of the molecule is CNCCCCCCNC(=O)C1=C/CC/C=C/C=C\1. The van der Waals surface area contributed by atoms with Crippen molar-refractivity contribution in [3.8, 4) is 0 Å². The van der Waals surface area contributed by atoms with Gasteiger partial charge in [0, 0.05) is 12.1 Å². The first-order chi connectivity index (χ1) is 9.34. The van der Waals surface area contributed by atoms with Gasteiger partial charge in [-0.05, 0) is 45.4 Å². The Labute approximate surface area is 116 Å². The van der Waals surface area contributed by atoms with Crippen LogP contribution in [0.1, 0.15) is 38.5 Å². The molecule has 0 aliphatic heterocycles. The molecule has 0 radical (unpaired) electrons. The number of carbonyl (C=O) groups excluding carboxylic acids is 1. The molecule has 0 aromatic rings. The van der Waals surface area contributed by atoms with Gasteiger partial charge in [0.2, 0.25) is 0 Å². The minimum Gasteiger partial charge on any atom is -0.352 e. The van der Waals surface area contributed by atoms with Crippen molar-refractivity contribution in [2.24, 2.45) is 0 Å². The van der Waals surface area contributed by atoms with Crippen LogP contribution in [0.4, 0.5) is 0 Å². The van der Waals surface area contributed by atoms with Crippen molar-refractivity contribution in [1.82, 2.24) is 10.6 Å². The molecule has 3 heteroatoms.